The number of carbonyl (C=O) groups is 2. The van der Waals surface area contributed by atoms with Gasteiger partial charge in [-0.05, 0) is 62.2 Å². The molecule has 1 aromatic heterocycles. The summed E-state index contributed by atoms with van der Waals surface area (Å²) in [6.45, 7) is 7.18. The molecule has 7 nitrogen and oxygen atoms in total. The van der Waals surface area contributed by atoms with Crippen LogP contribution in [-0.2, 0) is 4.79 Å². The van der Waals surface area contributed by atoms with Gasteiger partial charge in [0.2, 0.25) is 0 Å². The lowest BCUT2D eigenvalue weighted by atomic mass is 9.93. The molecule has 1 saturated heterocycles. The first-order valence-electron chi connectivity index (χ1n) is 11.9. The summed E-state index contributed by atoms with van der Waals surface area (Å²) in [5.41, 5.74) is 4.77. The Hall–Kier alpha value is -4.22. The molecule has 0 radical (unpaired) electrons. The van der Waals surface area contributed by atoms with Crippen molar-refractivity contribution >= 4 is 29.2 Å². The molecular weight excluding hydrogens is 457 g/mol. The van der Waals surface area contributed by atoms with Gasteiger partial charge in [-0.1, -0.05) is 18.2 Å². The average molecular weight is 484 g/mol. The van der Waals surface area contributed by atoms with Crippen molar-refractivity contribution in [2.45, 2.75) is 32.9 Å². The number of nitrogens with one attached hydrogen (secondary N) is 3. The lowest BCUT2D eigenvalue weighted by molar-refractivity contribution is -0.110. The maximum Gasteiger partial charge on any atom is 0.256 e. The molecule has 3 N–H and O–H groups in total. The molecule has 1 fully saturated rings. The van der Waals surface area contributed by atoms with E-state index in [4.69, 9.17) is 0 Å². The van der Waals surface area contributed by atoms with Crippen molar-refractivity contribution in [3.8, 4) is 17.2 Å². The molecule has 0 unspecified atom stereocenters. The second-order valence-electron chi connectivity index (χ2n) is 9.51. The van der Waals surface area contributed by atoms with Crippen molar-refractivity contribution in [1.29, 1.82) is 5.26 Å². The highest BCUT2D eigenvalue weighted by Gasteiger charge is 2.30. The van der Waals surface area contributed by atoms with Crippen LogP contribution in [0.5, 0.6) is 0 Å². The second-order valence-corrected chi connectivity index (χ2v) is 9.51. The first kappa shape index (κ1) is 23.5. The van der Waals surface area contributed by atoms with Crippen molar-refractivity contribution in [1.82, 2.24) is 15.2 Å². The Kier molecular flexibility index (Phi) is 5.94. The number of anilines is 1. The fourth-order valence-corrected chi connectivity index (χ4v) is 5.11. The van der Waals surface area contributed by atoms with Gasteiger partial charge in [-0.2, -0.15) is 5.26 Å². The first-order chi connectivity index (χ1) is 17.2. The predicted molar refractivity (Wildman–Crippen MR) is 137 cm³/mol. The van der Waals surface area contributed by atoms with E-state index in [-0.39, 0.29) is 29.5 Å². The molecule has 2 aromatic carbocycles. The van der Waals surface area contributed by atoms with E-state index in [9.17, 15) is 19.2 Å². The molecule has 2 amide bonds. The van der Waals surface area contributed by atoms with E-state index < -0.39 is 5.82 Å². The molecular formula is C28H26FN5O2. The number of carbonyl (C=O) groups excluding carboxylic acids is 2. The highest BCUT2D eigenvalue weighted by molar-refractivity contribution is 6.36. The van der Waals surface area contributed by atoms with Gasteiger partial charge in [0.15, 0.2) is 0 Å². The van der Waals surface area contributed by atoms with Crippen LogP contribution < -0.4 is 10.6 Å². The van der Waals surface area contributed by atoms with E-state index in [1.54, 1.807) is 24.3 Å². The molecule has 0 aliphatic carbocycles. The van der Waals surface area contributed by atoms with Gasteiger partial charge in [0.05, 0.1) is 22.4 Å². The number of aryl methyl sites for hydroxylation is 1. The van der Waals surface area contributed by atoms with Crippen LogP contribution in [-0.4, -0.2) is 46.9 Å². The largest absolute Gasteiger partial charge is 0.358 e. The Labute approximate surface area is 208 Å². The van der Waals surface area contributed by atoms with Gasteiger partial charge in [0.1, 0.15) is 11.9 Å². The molecule has 0 bridgehead atoms. The van der Waals surface area contributed by atoms with Crippen LogP contribution in [0.25, 0.3) is 22.8 Å². The van der Waals surface area contributed by atoms with Crippen LogP contribution in [0.4, 0.5) is 10.1 Å². The molecule has 5 rings (SSSR count). The molecule has 2 aliphatic heterocycles. The zero-order valence-electron chi connectivity index (χ0n) is 20.3. The zero-order chi connectivity index (χ0) is 25.6. The number of aromatic amines is 1. The van der Waals surface area contributed by atoms with Crippen molar-refractivity contribution in [2.24, 2.45) is 0 Å². The number of piperazine rings is 1. The first-order valence-corrected chi connectivity index (χ1v) is 11.9. The summed E-state index contributed by atoms with van der Waals surface area (Å²) in [5, 5.41) is 15.6. The summed E-state index contributed by atoms with van der Waals surface area (Å²) in [6.07, 6.45) is 1.70. The molecule has 3 heterocycles. The quantitative estimate of drug-likeness (QED) is 0.483. The third-order valence-electron chi connectivity index (χ3n) is 6.57. The Morgan fingerprint density at radius 3 is 2.64 bits per heavy atom. The number of amides is 2. The Balaban J connectivity index is 1.59. The number of hydrogen-bond donors (Lipinski definition) is 3. The van der Waals surface area contributed by atoms with E-state index in [2.05, 4.69) is 29.5 Å². The van der Waals surface area contributed by atoms with Gasteiger partial charge in [0.25, 0.3) is 11.8 Å². The second kappa shape index (κ2) is 9.10. The van der Waals surface area contributed by atoms with Gasteiger partial charge in [-0.15, -0.1) is 0 Å². The summed E-state index contributed by atoms with van der Waals surface area (Å²) in [4.78, 5) is 31.6. The fraction of sp³-hybridized carbons (Fsp3) is 0.250. The molecule has 2 atom stereocenters. The Morgan fingerprint density at radius 2 is 1.92 bits per heavy atom. The summed E-state index contributed by atoms with van der Waals surface area (Å²) in [6, 6.07) is 13.8. The number of aromatic nitrogens is 1. The molecule has 8 heteroatoms. The zero-order valence-corrected chi connectivity index (χ0v) is 20.3. The van der Waals surface area contributed by atoms with Gasteiger partial charge in [-0.25, -0.2) is 4.39 Å². The van der Waals surface area contributed by atoms with E-state index in [0.29, 0.717) is 52.3 Å². The van der Waals surface area contributed by atoms with E-state index in [0.717, 1.165) is 5.69 Å². The maximum atomic E-state index is 14.0. The summed E-state index contributed by atoms with van der Waals surface area (Å²) in [7, 11) is 0. The third-order valence-corrected chi connectivity index (χ3v) is 6.57. The van der Waals surface area contributed by atoms with Crippen LogP contribution in [0.2, 0.25) is 0 Å². The predicted octanol–water partition coefficient (Wildman–Crippen LogP) is 4.32. The SMILES string of the molecule is Cc1cc(C(=O)N2C[C@@H](C)N[C@@H](C)C2)c(/C=C2\C(=O)Nc3cccc(-c4ccc(F)c(C#N)c4)c32)[nH]1. The number of fused-ring (bicyclic) bond motifs is 1. The van der Waals surface area contributed by atoms with Crippen LogP contribution >= 0.6 is 0 Å². The number of nitrogens with zero attached hydrogens (tertiary/aromatic N) is 2. The minimum Gasteiger partial charge on any atom is -0.358 e. The molecule has 3 aromatic rings. The smallest absolute Gasteiger partial charge is 0.256 e. The molecule has 0 spiro atoms. The molecule has 0 saturated carbocycles. The summed E-state index contributed by atoms with van der Waals surface area (Å²) >= 11 is 0. The van der Waals surface area contributed by atoms with E-state index in [1.165, 1.54) is 12.1 Å². The van der Waals surface area contributed by atoms with Gasteiger partial charge < -0.3 is 20.5 Å². The number of rotatable bonds is 3. The number of benzene rings is 2. The Morgan fingerprint density at radius 1 is 1.17 bits per heavy atom. The lowest BCUT2D eigenvalue weighted by Crippen LogP contribution is -2.55. The minimum atomic E-state index is -0.597. The minimum absolute atomic E-state index is 0.0692. The number of nitriles is 1. The number of halogens is 1. The van der Waals surface area contributed by atoms with Gasteiger partial charge in [-0.3, -0.25) is 9.59 Å². The fourth-order valence-electron chi connectivity index (χ4n) is 5.11. The van der Waals surface area contributed by atoms with Crippen LogP contribution in [0.1, 0.15) is 46.7 Å². The Bertz CT molecular complexity index is 1460. The van der Waals surface area contributed by atoms with Crippen molar-refractivity contribution in [2.75, 3.05) is 18.4 Å². The van der Waals surface area contributed by atoms with Gasteiger partial charge in [0, 0.05) is 42.1 Å². The molecule has 36 heavy (non-hydrogen) atoms. The van der Waals surface area contributed by atoms with Crippen molar-refractivity contribution < 1.29 is 14.0 Å². The molecule has 182 valence electrons. The molecule has 2 aliphatic rings. The third kappa shape index (κ3) is 4.18. The standard InChI is InChI=1S/C28H26FN5O2/c1-15-9-21(28(36)34-13-16(2)31-17(3)14-34)25(32-15)11-22-26-20(5-4-6-24(26)33-27(22)35)18-7-8-23(29)19(10-18)12-30/h4-11,16-17,31-32H,13-14H2,1-3H3,(H,33,35)/b22-11-/t16-,17+. The van der Waals surface area contributed by atoms with Gasteiger partial charge >= 0.3 is 0 Å². The van der Waals surface area contributed by atoms with E-state index in [1.807, 2.05) is 30.0 Å². The maximum absolute atomic E-state index is 14.0. The lowest BCUT2D eigenvalue weighted by Gasteiger charge is -2.36. The normalized spacial score (nSPS) is 20.2. The van der Waals surface area contributed by atoms with E-state index >= 15 is 0 Å². The topological polar surface area (TPSA) is 101 Å². The highest BCUT2D eigenvalue weighted by Crippen LogP contribution is 2.41. The number of hydrogen-bond acceptors (Lipinski definition) is 4. The summed E-state index contributed by atoms with van der Waals surface area (Å²) < 4.78 is 14.0. The van der Waals surface area contributed by atoms with Crippen molar-refractivity contribution in [3.05, 3.63) is 76.4 Å². The van der Waals surface area contributed by atoms with Crippen molar-refractivity contribution in [3.63, 3.8) is 0 Å². The van der Waals surface area contributed by atoms with Crippen LogP contribution in [0, 0.1) is 24.1 Å². The van der Waals surface area contributed by atoms with Crippen LogP contribution in [0.3, 0.4) is 0 Å². The monoisotopic (exact) mass is 483 g/mol. The van der Waals surface area contributed by atoms with Crippen LogP contribution in [0.15, 0.2) is 42.5 Å². The number of H-pyrrole nitrogens is 1. The highest BCUT2D eigenvalue weighted by atomic mass is 19.1. The average Bonchev–Trinajstić information content (AvgIpc) is 3.37. The summed E-state index contributed by atoms with van der Waals surface area (Å²) in [5.74, 6) is -0.981.